The molecule has 7 rings (SSSR count). The molecule has 0 heterocycles. The predicted octanol–water partition coefficient (Wildman–Crippen LogP) is 6.91. The number of allylic oxidation sites excluding steroid dienone is 4. The van der Waals surface area contributed by atoms with Gasteiger partial charge in [-0.15, -0.1) is 0 Å². The van der Waals surface area contributed by atoms with E-state index in [1.54, 1.807) is 0 Å². The quantitative estimate of drug-likeness (QED) is 0.284. The van der Waals surface area contributed by atoms with Crippen molar-refractivity contribution >= 4 is 32.7 Å². The van der Waals surface area contributed by atoms with Gasteiger partial charge in [-0.2, -0.15) is 0 Å². The van der Waals surface area contributed by atoms with Crippen LogP contribution in [0.1, 0.15) is 17.5 Å². The largest absolute Gasteiger partial charge is 0.0836 e. The third-order valence-electron chi connectivity index (χ3n) is 7.42. The lowest BCUT2D eigenvalue weighted by Crippen LogP contribution is -2.37. The molecule has 5 aromatic rings. The first-order valence-electron chi connectivity index (χ1n) is 12.1. The minimum atomic E-state index is 0.333. The van der Waals surface area contributed by atoms with Crippen LogP contribution in [0, 0.1) is 5.92 Å². The van der Waals surface area contributed by atoms with Gasteiger partial charge in [0, 0.05) is 5.92 Å². The smallest absolute Gasteiger partial charge is 0.0143 e. The van der Waals surface area contributed by atoms with E-state index in [0.29, 0.717) is 5.92 Å². The van der Waals surface area contributed by atoms with Crippen molar-refractivity contribution in [3.8, 4) is 0 Å². The summed E-state index contributed by atoms with van der Waals surface area (Å²) in [5.41, 5.74) is 6.95. The summed E-state index contributed by atoms with van der Waals surface area (Å²) in [6.07, 6.45) is 7.94. The Balaban J connectivity index is 1.68. The molecule has 0 aromatic heterocycles. The minimum absolute atomic E-state index is 0.333. The molecule has 2 aliphatic carbocycles. The highest BCUT2D eigenvalue weighted by Gasteiger charge is 2.30. The highest BCUT2D eigenvalue weighted by Crippen LogP contribution is 2.42. The lowest BCUT2D eigenvalue weighted by molar-refractivity contribution is 0.799. The second-order valence-electron chi connectivity index (χ2n) is 9.23. The maximum absolute atomic E-state index is 2.35. The van der Waals surface area contributed by atoms with Crippen molar-refractivity contribution in [3.05, 3.63) is 155 Å². The first kappa shape index (κ1) is 19.3. The number of hydrogen-bond donors (Lipinski definition) is 0. The third kappa shape index (κ3) is 2.85. The molecule has 0 fully saturated rings. The molecule has 160 valence electrons. The van der Waals surface area contributed by atoms with Crippen molar-refractivity contribution in [1.82, 2.24) is 0 Å². The fourth-order valence-electron chi connectivity index (χ4n) is 5.98. The first-order chi connectivity index (χ1) is 16.9. The van der Waals surface area contributed by atoms with Crippen molar-refractivity contribution in [1.29, 1.82) is 0 Å². The van der Waals surface area contributed by atoms with E-state index in [1.165, 1.54) is 59.8 Å². The van der Waals surface area contributed by atoms with E-state index in [0.717, 1.165) is 6.42 Å². The Kier molecular flexibility index (Phi) is 4.38. The average Bonchev–Trinajstić information content (AvgIpc) is 2.91. The van der Waals surface area contributed by atoms with Gasteiger partial charge in [-0.25, -0.2) is 0 Å². The second-order valence-corrected chi connectivity index (χ2v) is 9.23. The van der Waals surface area contributed by atoms with E-state index in [4.69, 9.17) is 0 Å². The zero-order valence-electron chi connectivity index (χ0n) is 18.9. The first-order valence-corrected chi connectivity index (χ1v) is 12.1. The number of rotatable bonds is 2. The van der Waals surface area contributed by atoms with E-state index in [9.17, 15) is 0 Å². The SMILES string of the molecule is C1=CCC2C(=C1)C(c1cccc3ccccc13)=c1ccccc1=C2c1cccc2ccccc12. The summed E-state index contributed by atoms with van der Waals surface area (Å²) in [7, 11) is 0. The van der Waals surface area contributed by atoms with Crippen LogP contribution in [0.15, 0.2) is 133 Å². The zero-order chi connectivity index (χ0) is 22.5. The highest BCUT2D eigenvalue weighted by atomic mass is 14.3. The van der Waals surface area contributed by atoms with Crippen LogP contribution in [-0.2, 0) is 0 Å². The summed E-state index contributed by atoms with van der Waals surface area (Å²) in [4.78, 5) is 0. The Labute approximate surface area is 199 Å². The molecule has 0 N–H and O–H groups in total. The van der Waals surface area contributed by atoms with Gasteiger partial charge in [0.25, 0.3) is 0 Å². The van der Waals surface area contributed by atoms with Gasteiger partial charge in [-0.05, 0) is 66.2 Å². The average molecular weight is 433 g/mol. The molecule has 5 aromatic carbocycles. The second kappa shape index (κ2) is 7.71. The summed E-state index contributed by atoms with van der Waals surface area (Å²) in [5, 5.41) is 7.93. The van der Waals surface area contributed by atoms with E-state index >= 15 is 0 Å². The number of benzene rings is 5. The van der Waals surface area contributed by atoms with Crippen LogP contribution in [0.25, 0.3) is 32.7 Å². The fourth-order valence-corrected chi connectivity index (χ4v) is 5.98. The summed E-state index contributed by atoms with van der Waals surface area (Å²) < 4.78 is 0. The van der Waals surface area contributed by atoms with Gasteiger partial charge >= 0.3 is 0 Å². The molecule has 1 atom stereocenters. The number of hydrogen-bond acceptors (Lipinski definition) is 0. The van der Waals surface area contributed by atoms with Crippen LogP contribution in [0.4, 0.5) is 0 Å². The molecule has 2 aliphatic rings. The van der Waals surface area contributed by atoms with Gasteiger partial charge in [0.05, 0.1) is 0 Å². The normalized spacial score (nSPS) is 16.9. The topological polar surface area (TPSA) is 0 Å². The monoisotopic (exact) mass is 432 g/mol. The van der Waals surface area contributed by atoms with Crippen LogP contribution >= 0.6 is 0 Å². The van der Waals surface area contributed by atoms with Gasteiger partial charge < -0.3 is 0 Å². The van der Waals surface area contributed by atoms with E-state index < -0.39 is 0 Å². The molecule has 0 aliphatic heterocycles. The Morgan fingerprint density at radius 1 is 0.529 bits per heavy atom. The molecule has 34 heavy (non-hydrogen) atoms. The third-order valence-corrected chi connectivity index (χ3v) is 7.42. The van der Waals surface area contributed by atoms with Crippen molar-refractivity contribution in [2.75, 3.05) is 0 Å². The lowest BCUT2D eigenvalue weighted by Gasteiger charge is -2.32. The minimum Gasteiger partial charge on any atom is -0.0836 e. The van der Waals surface area contributed by atoms with Crippen LogP contribution in [-0.4, -0.2) is 0 Å². The van der Waals surface area contributed by atoms with E-state index in [2.05, 4.69) is 127 Å². The van der Waals surface area contributed by atoms with Crippen molar-refractivity contribution < 1.29 is 0 Å². The molecule has 0 heteroatoms. The molecule has 0 bridgehead atoms. The molecule has 0 nitrogen and oxygen atoms in total. The summed E-state index contributed by atoms with van der Waals surface area (Å²) in [5.74, 6) is 0.333. The maximum atomic E-state index is 2.35. The molecule has 0 amide bonds. The van der Waals surface area contributed by atoms with Gasteiger partial charge in [0.15, 0.2) is 0 Å². The molecular formula is C34H24. The molecule has 0 spiro atoms. The van der Waals surface area contributed by atoms with Crippen molar-refractivity contribution in [2.45, 2.75) is 6.42 Å². The fraction of sp³-hybridized carbons (Fsp3) is 0.0588. The van der Waals surface area contributed by atoms with Crippen LogP contribution in [0.3, 0.4) is 0 Å². The molecule has 0 radical (unpaired) electrons. The van der Waals surface area contributed by atoms with Gasteiger partial charge in [0.1, 0.15) is 0 Å². The predicted molar refractivity (Wildman–Crippen MR) is 144 cm³/mol. The zero-order valence-corrected chi connectivity index (χ0v) is 18.9. The van der Waals surface area contributed by atoms with Crippen LogP contribution < -0.4 is 10.4 Å². The van der Waals surface area contributed by atoms with Crippen molar-refractivity contribution in [2.24, 2.45) is 5.92 Å². The summed E-state index contributed by atoms with van der Waals surface area (Å²) >= 11 is 0. The standard InChI is InChI=1S/C34H24/c1-3-15-25-23(11-1)13-9-21-27(25)33-29-17-5-7-19-31(29)34(32-20-8-6-18-30(32)33)28-22-10-14-24-12-2-4-16-26(24)28/h1-19,21-22,32H,20H2. The molecule has 1 unspecified atom stereocenters. The highest BCUT2D eigenvalue weighted by molar-refractivity contribution is 6.02. The molecule has 0 saturated heterocycles. The Morgan fingerprint density at radius 3 is 1.88 bits per heavy atom. The number of fused-ring (bicyclic) bond motifs is 4. The lowest BCUT2D eigenvalue weighted by atomic mass is 9.71. The van der Waals surface area contributed by atoms with Crippen molar-refractivity contribution in [3.63, 3.8) is 0 Å². The van der Waals surface area contributed by atoms with Crippen LogP contribution in [0.5, 0.6) is 0 Å². The molecule has 0 saturated carbocycles. The Morgan fingerprint density at radius 2 is 1.12 bits per heavy atom. The Bertz CT molecular complexity index is 1770. The summed E-state index contributed by atoms with van der Waals surface area (Å²) in [6.45, 7) is 0. The van der Waals surface area contributed by atoms with E-state index in [-0.39, 0.29) is 0 Å². The van der Waals surface area contributed by atoms with Crippen LogP contribution in [0.2, 0.25) is 0 Å². The maximum Gasteiger partial charge on any atom is 0.0143 e. The van der Waals surface area contributed by atoms with Gasteiger partial charge in [-0.1, -0.05) is 127 Å². The summed E-state index contributed by atoms with van der Waals surface area (Å²) in [6, 6.07) is 40.0. The Hall–Kier alpha value is -4.16. The van der Waals surface area contributed by atoms with Gasteiger partial charge in [0.2, 0.25) is 0 Å². The van der Waals surface area contributed by atoms with Gasteiger partial charge in [-0.3, -0.25) is 0 Å². The molecular weight excluding hydrogens is 408 g/mol. The van der Waals surface area contributed by atoms with E-state index in [1.807, 2.05) is 0 Å².